The van der Waals surface area contributed by atoms with Gasteiger partial charge in [-0.25, -0.2) is 0 Å². The second-order valence-electron chi connectivity index (χ2n) is 6.11. The van der Waals surface area contributed by atoms with Crippen molar-refractivity contribution in [2.24, 2.45) is 5.92 Å². The molecule has 0 heterocycles. The largest absolute Gasteiger partial charge is 0.314 e. The minimum Gasteiger partial charge on any atom is -0.314 e. The van der Waals surface area contributed by atoms with Crippen molar-refractivity contribution < 1.29 is 0 Å². The summed E-state index contributed by atoms with van der Waals surface area (Å²) in [6.07, 6.45) is 9.60. The predicted octanol–water partition coefficient (Wildman–Crippen LogP) is 4.49. The second kappa shape index (κ2) is 7.69. The van der Waals surface area contributed by atoms with Gasteiger partial charge in [0.25, 0.3) is 0 Å². The molecule has 1 aromatic carbocycles. The average molecular weight is 259 g/mol. The SMILES string of the molecule is CCC1CCCC(NCCc2ccccc2C)CC1. The molecule has 0 radical (unpaired) electrons. The standard InChI is InChI=1S/C18H29N/c1-3-16-8-6-10-18(12-11-16)19-14-13-17-9-5-4-7-15(17)2/h4-5,7,9,16,18-19H,3,6,8,10-14H2,1-2H3. The van der Waals surface area contributed by atoms with Crippen LogP contribution >= 0.6 is 0 Å². The van der Waals surface area contributed by atoms with E-state index in [0.717, 1.165) is 18.5 Å². The Kier molecular flexibility index (Phi) is 5.91. The molecule has 2 rings (SSSR count). The number of hydrogen-bond acceptors (Lipinski definition) is 1. The molecule has 2 unspecified atom stereocenters. The van der Waals surface area contributed by atoms with Crippen LogP contribution in [0.2, 0.25) is 0 Å². The van der Waals surface area contributed by atoms with Crippen molar-refractivity contribution in [2.45, 2.75) is 64.8 Å². The van der Waals surface area contributed by atoms with Crippen molar-refractivity contribution in [2.75, 3.05) is 6.54 Å². The number of aryl methyl sites for hydroxylation is 1. The summed E-state index contributed by atoms with van der Waals surface area (Å²) in [4.78, 5) is 0. The van der Waals surface area contributed by atoms with Crippen LogP contribution < -0.4 is 5.32 Å². The molecule has 0 spiro atoms. The molecule has 1 aromatic rings. The fraction of sp³-hybridized carbons (Fsp3) is 0.667. The number of benzene rings is 1. The maximum atomic E-state index is 3.78. The zero-order valence-corrected chi connectivity index (χ0v) is 12.6. The molecule has 0 saturated heterocycles. The third kappa shape index (κ3) is 4.65. The maximum Gasteiger partial charge on any atom is 0.00672 e. The van der Waals surface area contributed by atoms with E-state index >= 15 is 0 Å². The van der Waals surface area contributed by atoms with Gasteiger partial charge in [-0.15, -0.1) is 0 Å². The molecule has 106 valence electrons. The zero-order chi connectivity index (χ0) is 13.5. The first-order chi connectivity index (χ1) is 9.29. The Morgan fingerprint density at radius 2 is 1.95 bits per heavy atom. The minimum absolute atomic E-state index is 0.764. The molecule has 1 N–H and O–H groups in total. The molecule has 1 heteroatoms. The van der Waals surface area contributed by atoms with E-state index in [2.05, 4.69) is 43.4 Å². The molecular formula is C18H29N. The van der Waals surface area contributed by atoms with Gasteiger partial charge in [-0.3, -0.25) is 0 Å². The van der Waals surface area contributed by atoms with Gasteiger partial charge in [-0.2, -0.15) is 0 Å². The first kappa shape index (κ1) is 14.6. The van der Waals surface area contributed by atoms with Crippen LogP contribution in [0.25, 0.3) is 0 Å². The van der Waals surface area contributed by atoms with Gasteiger partial charge in [-0.05, 0) is 56.2 Å². The van der Waals surface area contributed by atoms with Crippen molar-refractivity contribution in [3.63, 3.8) is 0 Å². The van der Waals surface area contributed by atoms with Gasteiger partial charge in [0, 0.05) is 6.04 Å². The lowest BCUT2D eigenvalue weighted by atomic mass is 9.98. The van der Waals surface area contributed by atoms with Crippen molar-refractivity contribution in [3.8, 4) is 0 Å². The Hall–Kier alpha value is -0.820. The van der Waals surface area contributed by atoms with Crippen LogP contribution in [0.3, 0.4) is 0 Å². The summed E-state index contributed by atoms with van der Waals surface area (Å²) < 4.78 is 0. The Morgan fingerprint density at radius 3 is 2.74 bits per heavy atom. The van der Waals surface area contributed by atoms with Crippen LogP contribution in [0.1, 0.15) is 56.6 Å². The molecule has 19 heavy (non-hydrogen) atoms. The van der Waals surface area contributed by atoms with Crippen LogP contribution in [0.4, 0.5) is 0 Å². The molecule has 1 aliphatic carbocycles. The monoisotopic (exact) mass is 259 g/mol. The van der Waals surface area contributed by atoms with Gasteiger partial charge in [0.15, 0.2) is 0 Å². The van der Waals surface area contributed by atoms with E-state index in [4.69, 9.17) is 0 Å². The van der Waals surface area contributed by atoms with Gasteiger partial charge in [0.1, 0.15) is 0 Å². The third-order valence-corrected chi connectivity index (χ3v) is 4.75. The number of hydrogen-bond donors (Lipinski definition) is 1. The molecule has 0 amide bonds. The third-order valence-electron chi connectivity index (χ3n) is 4.75. The second-order valence-corrected chi connectivity index (χ2v) is 6.11. The highest BCUT2D eigenvalue weighted by Gasteiger charge is 2.16. The lowest BCUT2D eigenvalue weighted by Gasteiger charge is -2.17. The van der Waals surface area contributed by atoms with Crippen LogP contribution in [0.15, 0.2) is 24.3 Å². The van der Waals surface area contributed by atoms with E-state index in [1.165, 1.54) is 56.1 Å². The Bertz CT molecular complexity index is 372. The summed E-state index contributed by atoms with van der Waals surface area (Å²) in [6.45, 7) is 5.69. The summed E-state index contributed by atoms with van der Waals surface area (Å²) in [7, 11) is 0. The van der Waals surface area contributed by atoms with Crippen molar-refractivity contribution >= 4 is 0 Å². The normalized spacial score (nSPS) is 24.1. The predicted molar refractivity (Wildman–Crippen MR) is 83.5 cm³/mol. The zero-order valence-electron chi connectivity index (χ0n) is 12.6. The first-order valence-electron chi connectivity index (χ1n) is 8.07. The van der Waals surface area contributed by atoms with Crippen molar-refractivity contribution in [1.82, 2.24) is 5.32 Å². The highest BCUT2D eigenvalue weighted by atomic mass is 14.9. The van der Waals surface area contributed by atoms with Crippen molar-refractivity contribution in [3.05, 3.63) is 35.4 Å². The quantitative estimate of drug-likeness (QED) is 0.768. The fourth-order valence-corrected chi connectivity index (χ4v) is 3.29. The Morgan fingerprint density at radius 1 is 1.11 bits per heavy atom. The van der Waals surface area contributed by atoms with Crippen LogP contribution in [-0.2, 0) is 6.42 Å². The van der Waals surface area contributed by atoms with E-state index in [9.17, 15) is 0 Å². The van der Waals surface area contributed by atoms with Crippen LogP contribution in [-0.4, -0.2) is 12.6 Å². The van der Waals surface area contributed by atoms with Crippen molar-refractivity contribution in [1.29, 1.82) is 0 Å². The molecule has 0 aromatic heterocycles. The van der Waals surface area contributed by atoms with Gasteiger partial charge in [-0.1, -0.05) is 50.5 Å². The van der Waals surface area contributed by atoms with Gasteiger partial charge < -0.3 is 5.32 Å². The minimum atomic E-state index is 0.764. The number of rotatable bonds is 5. The number of nitrogens with one attached hydrogen (secondary N) is 1. The van der Waals surface area contributed by atoms with E-state index in [-0.39, 0.29) is 0 Å². The topological polar surface area (TPSA) is 12.0 Å². The van der Waals surface area contributed by atoms with E-state index in [1.807, 2.05) is 0 Å². The molecule has 0 aliphatic heterocycles. The summed E-state index contributed by atoms with van der Waals surface area (Å²) >= 11 is 0. The summed E-state index contributed by atoms with van der Waals surface area (Å²) in [5.41, 5.74) is 2.92. The smallest absolute Gasteiger partial charge is 0.00672 e. The van der Waals surface area contributed by atoms with E-state index in [0.29, 0.717) is 0 Å². The van der Waals surface area contributed by atoms with E-state index in [1.54, 1.807) is 0 Å². The van der Waals surface area contributed by atoms with Gasteiger partial charge in [0.05, 0.1) is 0 Å². The van der Waals surface area contributed by atoms with Gasteiger partial charge in [0.2, 0.25) is 0 Å². The highest BCUT2D eigenvalue weighted by molar-refractivity contribution is 5.25. The highest BCUT2D eigenvalue weighted by Crippen LogP contribution is 2.25. The Labute approximate surface area is 118 Å². The average Bonchev–Trinajstić information content (AvgIpc) is 2.66. The molecule has 1 fully saturated rings. The molecule has 1 saturated carbocycles. The lowest BCUT2D eigenvalue weighted by Crippen LogP contribution is -2.30. The summed E-state index contributed by atoms with van der Waals surface area (Å²) in [6, 6.07) is 9.52. The molecule has 2 atom stereocenters. The van der Waals surface area contributed by atoms with E-state index < -0.39 is 0 Å². The summed E-state index contributed by atoms with van der Waals surface area (Å²) in [5, 5.41) is 3.78. The molecule has 1 nitrogen and oxygen atoms in total. The summed E-state index contributed by atoms with van der Waals surface area (Å²) in [5.74, 6) is 0.989. The lowest BCUT2D eigenvalue weighted by molar-refractivity contribution is 0.427. The fourth-order valence-electron chi connectivity index (χ4n) is 3.29. The van der Waals surface area contributed by atoms with Crippen LogP contribution in [0.5, 0.6) is 0 Å². The molecule has 0 bridgehead atoms. The van der Waals surface area contributed by atoms with Crippen LogP contribution in [0, 0.1) is 12.8 Å². The Balaban J connectivity index is 1.72. The molecular weight excluding hydrogens is 230 g/mol. The molecule has 1 aliphatic rings. The first-order valence-corrected chi connectivity index (χ1v) is 8.07. The maximum absolute atomic E-state index is 3.78. The van der Waals surface area contributed by atoms with Gasteiger partial charge >= 0.3 is 0 Å².